The quantitative estimate of drug-likeness (QED) is 0.892. The van der Waals surface area contributed by atoms with Crippen LogP contribution in [0.4, 0.5) is 4.39 Å². The summed E-state index contributed by atoms with van der Waals surface area (Å²) in [6.45, 7) is 3.80. The fourth-order valence-electron chi connectivity index (χ4n) is 1.17. The van der Waals surface area contributed by atoms with Crippen LogP contribution in [0, 0.1) is 5.82 Å². The van der Waals surface area contributed by atoms with Crippen molar-refractivity contribution >= 4 is 27.7 Å². The third-order valence-corrected chi connectivity index (χ3v) is 3.90. The Morgan fingerprint density at radius 1 is 1.53 bits per heavy atom. The van der Waals surface area contributed by atoms with E-state index in [2.05, 4.69) is 34.4 Å². The van der Waals surface area contributed by atoms with Crippen LogP contribution in [0.3, 0.4) is 0 Å². The van der Waals surface area contributed by atoms with E-state index in [-0.39, 0.29) is 5.82 Å². The summed E-state index contributed by atoms with van der Waals surface area (Å²) >= 11 is 5.22. The molecule has 0 bridgehead atoms. The molecule has 4 heteroatoms. The SMILES string of the molecule is CSC(C)CNCc1cc(F)ccc1Br. The molecule has 0 fully saturated rings. The molecule has 1 N–H and O–H groups in total. The van der Waals surface area contributed by atoms with E-state index in [4.69, 9.17) is 0 Å². The van der Waals surface area contributed by atoms with Crippen molar-refractivity contribution in [1.29, 1.82) is 0 Å². The molecule has 0 aliphatic rings. The minimum Gasteiger partial charge on any atom is -0.312 e. The zero-order chi connectivity index (χ0) is 11.3. The van der Waals surface area contributed by atoms with Crippen LogP contribution in [0.2, 0.25) is 0 Å². The van der Waals surface area contributed by atoms with Crippen LogP contribution in [-0.4, -0.2) is 18.1 Å². The number of nitrogens with one attached hydrogen (secondary N) is 1. The predicted octanol–water partition coefficient (Wildman–Crippen LogP) is 3.43. The monoisotopic (exact) mass is 291 g/mol. The van der Waals surface area contributed by atoms with Crippen molar-refractivity contribution in [1.82, 2.24) is 5.32 Å². The number of thioether (sulfide) groups is 1. The number of halogens is 2. The number of hydrogen-bond donors (Lipinski definition) is 1. The van der Waals surface area contributed by atoms with Crippen LogP contribution < -0.4 is 5.32 Å². The number of hydrogen-bond acceptors (Lipinski definition) is 2. The highest BCUT2D eigenvalue weighted by atomic mass is 79.9. The highest BCUT2D eigenvalue weighted by Crippen LogP contribution is 2.17. The van der Waals surface area contributed by atoms with Crippen molar-refractivity contribution < 1.29 is 4.39 Å². The van der Waals surface area contributed by atoms with E-state index < -0.39 is 0 Å². The first-order valence-electron chi connectivity index (χ1n) is 4.81. The largest absolute Gasteiger partial charge is 0.312 e. The summed E-state index contributed by atoms with van der Waals surface area (Å²) in [5.41, 5.74) is 0.961. The molecule has 0 radical (unpaired) electrons. The Morgan fingerprint density at radius 3 is 2.93 bits per heavy atom. The van der Waals surface area contributed by atoms with Crippen LogP contribution in [0.15, 0.2) is 22.7 Å². The average molecular weight is 292 g/mol. The summed E-state index contributed by atoms with van der Waals surface area (Å²) in [5, 5.41) is 3.88. The molecule has 84 valence electrons. The molecule has 0 aliphatic heterocycles. The van der Waals surface area contributed by atoms with Gasteiger partial charge >= 0.3 is 0 Å². The fourth-order valence-corrected chi connectivity index (χ4v) is 1.84. The molecule has 1 aromatic rings. The first-order valence-corrected chi connectivity index (χ1v) is 6.89. The zero-order valence-corrected chi connectivity index (χ0v) is 11.3. The zero-order valence-electron chi connectivity index (χ0n) is 8.89. The summed E-state index contributed by atoms with van der Waals surface area (Å²) in [6.07, 6.45) is 2.09. The van der Waals surface area contributed by atoms with Gasteiger partial charge in [0.05, 0.1) is 0 Å². The van der Waals surface area contributed by atoms with Gasteiger partial charge in [-0.2, -0.15) is 11.8 Å². The standard InChI is InChI=1S/C11H15BrFNS/c1-8(15-2)6-14-7-9-5-10(13)3-4-11(9)12/h3-5,8,14H,6-7H2,1-2H3. The second kappa shape index (κ2) is 6.51. The topological polar surface area (TPSA) is 12.0 Å². The molecule has 0 aromatic heterocycles. The van der Waals surface area contributed by atoms with Crippen molar-refractivity contribution in [2.24, 2.45) is 0 Å². The molecule has 0 saturated heterocycles. The fraction of sp³-hybridized carbons (Fsp3) is 0.455. The molecular formula is C11H15BrFNS. The molecule has 1 unspecified atom stereocenters. The van der Waals surface area contributed by atoms with Gasteiger partial charge in [0, 0.05) is 22.8 Å². The first kappa shape index (κ1) is 13.0. The Balaban J connectivity index is 2.46. The van der Waals surface area contributed by atoms with E-state index in [1.54, 1.807) is 12.1 Å². The number of benzene rings is 1. The third-order valence-electron chi connectivity index (χ3n) is 2.16. The summed E-state index contributed by atoms with van der Waals surface area (Å²) in [5.74, 6) is -0.187. The van der Waals surface area contributed by atoms with E-state index in [0.717, 1.165) is 16.6 Å². The predicted molar refractivity (Wildman–Crippen MR) is 68.8 cm³/mol. The Bertz CT molecular complexity index is 319. The Labute approximate surface area is 103 Å². The lowest BCUT2D eigenvalue weighted by Crippen LogP contribution is -2.22. The molecule has 0 aliphatic carbocycles. The third kappa shape index (κ3) is 4.53. The van der Waals surface area contributed by atoms with Gasteiger partial charge in [-0.25, -0.2) is 4.39 Å². The van der Waals surface area contributed by atoms with Gasteiger partial charge in [-0.1, -0.05) is 22.9 Å². The second-order valence-corrected chi connectivity index (χ2v) is 5.54. The molecule has 0 amide bonds. The van der Waals surface area contributed by atoms with Gasteiger partial charge in [0.15, 0.2) is 0 Å². The normalized spacial score (nSPS) is 12.8. The first-order chi connectivity index (χ1) is 7.13. The molecule has 0 spiro atoms. The molecule has 1 aromatic carbocycles. The Morgan fingerprint density at radius 2 is 2.27 bits per heavy atom. The van der Waals surface area contributed by atoms with Crippen molar-refractivity contribution in [2.45, 2.75) is 18.7 Å². The van der Waals surface area contributed by atoms with Crippen molar-refractivity contribution in [3.8, 4) is 0 Å². The molecule has 0 saturated carbocycles. The molecule has 1 rings (SSSR count). The van der Waals surface area contributed by atoms with Crippen LogP contribution in [0.1, 0.15) is 12.5 Å². The van der Waals surface area contributed by atoms with E-state index in [9.17, 15) is 4.39 Å². The molecule has 1 nitrogen and oxygen atoms in total. The molecule has 0 heterocycles. The number of rotatable bonds is 5. The molecular weight excluding hydrogens is 277 g/mol. The maximum absolute atomic E-state index is 12.9. The second-order valence-electron chi connectivity index (χ2n) is 3.41. The summed E-state index contributed by atoms with van der Waals surface area (Å²) in [4.78, 5) is 0. The van der Waals surface area contributed by atoms with Gasteiger partial charge < -0.3 is 5.32 Å². The van der Waals surface area contributed by atoms with Crippen LogP contribution >= 0.6 is 27.7 Å². The summed E-state index contributed by atoms with van der Waals surface area (Å²) in [7, 11) is 0. The highest BCUT2D eigenvalue weighted by molar-refractivity contribution is 9.10. The van der Waals surface area contributed by atoms with Gasteiger partial charge in [-0.05, 0) is 30.0 Å². The summed E-state index contributed by atoms with van der Waals surface area (Å²) < 4.78 is 13.9. The van der Waals surface area contributed by atoms with Crippen LogP contribution in [0.25, 0.3) is 0 Å². The molecule has 1 atom stereocenters. The van der Waals surface area contributed by atoms with Gasteiger partial charge in [-0.3, -0.25) is 0 Å². The van der Waals surface area contributed by atoms with Crippen LogP contribution in [0.5, 0.6) is 0 Å². The van der Waals surface area contributed by atoms with Crippen LogP contribution in [-0.2, 0) is 6.54 Å². The smallest absolute Gasteiger partial charge is 0.123 e. The lowest BCUT2D eigenvalue weighted by Gasteiger charge is -2.10. The average Bonchev–Trinajstić information content (AvgIpc) is 2.23. The van der Waals surface area contributed by atoms with Gasteiger partial charge in [-0.15, -0.1) is 0 Å². The van der Waals surface area contributed by atoms with E-state index in [1.165, 1.54) is 6.07 Å². The van der Waals surface area contributed by atoms with Gasteiger partial charge in [0.25, 0.3) is 0 Å². The maximum Gasteiger partial charge on any atom is 0.123 e. The van der Waals surface area contributed by atoms with Crippen molar-refractivity contribution in [3.63, 3.8) is 0 Å². The Kier molecular flexibility index (Phi) is 5.64. The summed E-state index contributed by atoms with van der Waals surface area (Å²) in [6, 6.07) is 4.75. The minimum absolute atomic E-state index is 0.187. The van der Waals surface area contributed by atoms with Gasteiger partial charge in [0.2, 0.25) is 0 Å². The lowest BCUT2D eigenvalue weighted by atomic mass is 10.2. The van der Waals surface area contributed by atoms with E-state index in [1.807, 2.05) is 11.8 Å². The van der Waals surface area contributed by atoms with E-state index in [0.29, 0.717) is 11.8 Å². The highest BCUT2D eigenvalue weighted by Gasteiger charge is 2.03. The maximum atomic E-state index is 12.9. The molecule has 15 heavy (non-hydrogen) atoms. The lowest BCUT2D eigenvalue weighted by molar-refractivity contribution is 0.619. The minimum atomic E-state index is -0.187. The van der Waals surface area contributed by atoms with E-state index >= 15 is 0 Å². The van der Waals surface area contributed by atoms with Crippen molar-refractivity contribution in [3.05, 3.63) is 34.1 Å². The van der Waals surface area contributed by atoms with Crippen molar-refractivity contribution in [2.75, 3.05) is 12.8 Å². The Hall–Kier alpha value is -0.0600. The van der Waals surface area contributed by atoms with Gasteiger partial charge in [0.1, 0.15) is 5.82 Å².